The standard InChI is InChI=1S/C20H17ClFN7O/c1-12-18(19(21)28(25-12)11-14-6-4-3-5-7-14)20(30)23-17-10-15(8-9-16(17)22)29-13(2)24-26-27-29/h3-10H,11H2,1-2H3,(H,23,30). The highest BCUT2D eigenvalue weighted by atomic mass is 35.5. The lowest BCUT2D eigenvalue weighted by atomic mass is 10.2. The Kier molecular flexibility index (Phi) is 5.28. The minimum Gasteiger partial charge on any atom is -0.319 e. The van der Waals surface area contributed by atoms with E-state index in [1.165, 1.54) is 22.9 Å². The quantitative estimate of drug-likeness (QED) is 0.528. The van der Waals surface area contributed by atoms with Gasteiger partial charge in [-0.2, -0.15) is 9.78 Å². The summed E-state index contributed by atoms with van der Waals surface area (Å²) in [6.07, 6.45) is 0. The number of halogens is 2. The van der Waals surface area contributed by atoms with Crippen LogP contribution in [0.15, 0.2) is 48.5 Å². The predicted octanol–water partition coefficient (Wildman–Crippen LogP) is 3.57. The Balaban J connectivity index is 1.61. The number of hydrogen-bond acceptors (Lipinski definition) is 5. The molecule has 0 aliphatic carbocycles. The first kappa shape index (κ1) is 19.7. The molecule has 4 aromatic rings. The van der Waals surface area contributed by atoms with Gasteiger partial charge < -0.3 is 5.32 Å². The number of carbonyl (C=O) groups is 1. The zero-order valence-corrected chi connectivity index (χ0v) is 16.9. The second-order valence-corrected chi connectivity index (χ2v) is 7.01. The Morgan fingerprint density at radius 2 is 1.93 bits per heavy atom. The first-order valence-corrected chi connectivity index (χ1v) is 9.45. The number of nitrogens with one attached hydrogen (secondary N) is 1. The van der Waals surface area contributed by atoms with Crippen LogP contribution in [0.2, 0.25) is 5.15 Å². The topological polar surface area (TPSA) is 90.5 Å². The van der Waals surface area contributed by atoms with Crippen LogP contribution in [0, 0.1) is 19.7 Å². The van der Waals surface area contributed by atoms with Gasteiger partial charge in [-0.05, 0) is 48.0 Å². The Morgan fingerprint density at radius 3 is 2.63 bits per heavy atom. The maximum absolute atomic E-state index is 14.4. The van der Waals surface area contributed by atoms with Crippen molar-refractivity contribution in [3.05, 3.63) is 82.1 Å². The third-order valence-electron chi connectivity index (χ3n) is 4.54. The third-order valence-corrected chi connectivity index (χ3v) is 4.92. The maximum atomic E-state index is 14.4. The summed E-state index contributed by atoms with van der Waals surface area (Å²) in [7, 11) is 0. The van der Waals surface area contributed by atoms with Crippen LogP contribution in [0.4, 0.5) is 10.1 Å². The minimum absolute atomic E-state index is 0.0151. The van der Waals surface area contributed by atoms with Crippen molar-refractivity contribution in [3.8, 4) is 5.69 Å². The molecular weight excluding hydrogens is 409 g/mol. The zero-order valence-electron chi connectivity index (χ0n) is 16.2. The van der Waals surface area contributed by atoms with Gasteiger partial charge in [-0.1, -0.05) is 41.9 Å². The number of aryl methyl sites for hydroxylation is 2. The molecule has 10 heteroatoms. The fraction of sp³-hybridized carbons (Fsp3) is 0.150. The van der Waals surface area contributed by atoms with E-state index in [1.54, 1.807) is 18.5 Å². The highest BCUT2D eigenvalue weighted by Gasteiger charge is 2.22. The summed E-state index contributed by atoms with van der Waals surface area (Å²) in [6.45, 7) is 3.81. The van der Waals surface area contributed by atoms with Crippen LogP contribution in [-0.2, 0) is 6.54 Å². The number of rotatable bonds is 5. The highest BCUT2D eigenvalue weighted by molar-refractivity contribution is 6.33. The van der Waals surface area contributed by atoms with Gasteiger partial charge in [0.05, 0.1) is 29.2 Å². The van der Waals surface area contributed by atoms with E-state index >= 15 is 0 Å². The van der Waals surface area contributed by atoms with E-state index in [1.807, 2.05) is 30.3 Å². The number of tetrazole rings is 1. The van der Waals surface area contributed by atoms with Crippen molar-refractivity contribution in [3.63, 3.8) is 0 Å². The summed E-state index contributed by atoms with van der Waals surface area (Å²) in [5.41, 5.74) is 2.12. The minimum atomic E-state index is -0.594. The average Bonchev–Trinajstić information content (AvgIpc) is 3.27. The van der Waals surface area contributed by atoms with Crippen LogP contribution >= 0.6 is 11.6 Å². The molecule has 0 aliphatic rings. The number of amides is 1. The molecule has 0 saturated carbocycles. The summed E-state index contributed by atoms with van der Waals surface area (Å²) >= 11 is 6.43. The van der Waals surface area contributed by atoms with E-state index < -0.39 is 11.7 Å². The van der Waals surface area contributed by atoms with Gasteiger partial charge in [0, 0.05) is 0 Å². The van der Waals surface area contributed by atoms with Crippen molar-refractivity contribution in [2.75, 3.05) is 5.32 Å². The lowest BCUT2D eigenvalue weighted by Gasteiger charge is -2.09. The van der Waals surface area contributed by atoms with Gasteiger partial charge in [0.15, 0.2) is 5.82 Å². The second-order valence-electron chi connectivity index (χ2n) is 6.65. The lowest BCUT2D eigenvalue weighted by Crippen LogP contribution is -2.15. The Hall–Kier alpha value is -3.59. The van der Waals surface area contributed by atoms with Crippen LogP contribution in [0.25, 0.3) is 5.69 Å². The first-order chi connectivity index (χ1) is 14.4. The molecule has 4 rings (SSSR count). The molecule has 0 spiro atoms. The number of aromatic nitrogens is 6. The van der Waals surface area contributed by atoms with Crippen molar-refractivity contribution in [1.82, 2.24) is 30.0 Å². The molecule has 1 amide bonds. The van der Waals surface area contributed by atoms with E-state index in [0.717, 1.165) is 5.56 Å². The number of nitrogens with zero attached hydrogens (tertiary/aromatic N) is 6. The Morgan fingerprint density at radius 1 is 1.17 bits per heavy atom. The van der Waals surface area contributed by atoms with Crippen molar-refractivity contribution in [2.45, 2.75) is 20.4 Å². The molecule has 8 nitrogen and oxygen atoms in total. The summed E-state index contributed by atoms with van der Waals surface area (Å²) in [5, 5.41) is 18.3. The molecule has 0 saturated heterocycles. The second kappa shape index (κ2) is 8.03. The number of anilines is 1. The number of hydrogen-bond donors (Lipinski definition) is 1. The Bertz CT molecular complexity index is 1220. The molecule has 2 heterocycles. The molecule has 0 radical (unpaired) electrons. The smallest absolute Gasteiger partial charge is 0.260 e. The van der Waals surface area contributed by atoms with Gasteiger partial charge in [-0.15, -0.1) is 5.10 Å². The van der Waals surface area contributed by atoms with Crippen molar-refractivity contribution in [2.24, 2.45) is 0 Å². The monoisotopic (exact) mass is 425 g/mol. The largest absolute Gasteiger partial charge is 0.319 e. The summed E-state index contributed by atoms with van der Waals surface area (Å²) in [6, 6.07) is 13.8. The molecule has 1 N–H and O–H groups in total. The first-order valence-electron chi connectivity index (χ1n) is 9.07. The van der Waals surface area contributed by atoms with E-state index in [-0.39, 0.29) is 16.4 Å². The van der Waals surface area contributed by atoms with E-state index in [0.29, 0.717) is 23.8 Å². The lowest BCUT2D eigenvalue weighted by molar-refractivity contribution is 0.102. The highest BCUT2D eigenvalue weighted by Crippen LogP contribution is 2.24. The van der Waals surface area contributed by atoms with Gasteiger partial charge >= 0.3 is 0 Å². The fourth-order valence-electron chi connectivity index (χ4n) is 3.07. The predicted molar refractivity (Wildman–Crippen MR) is 109 cm³/mol. The van der Waals surface area contributed by atoms with Gasteiger partial charge in [-0.25, -0.2) is 9.07 Å². The van der Waals surface area contributed by atoms with Gasteiger partial charge in [0.1, 0.15) is 11.0 Å². The molecule has 0 fully saturated rings. The molecule has 0 unspecified atom stereocenters. The molecule has 0 aliphatic heterocycles. The van der Waals surface area contributed by atoms with Crippen LogP contribution in [0.3, 0.4) is 0 Å². The fourth-order valence-corrected chi connectivity index (χ4v) is 3.39. The summed E-state index contributed by atoms with van der Waals surface area (Å²) < 4.78 is 17.3. The number of benzene rings is 2. The SMILES string of the molecule is Cc1nn(Cc2ccccc2)c(Cl)c1C(=O)Nc1cc(-n2nnnc2C)ccc1F. The van der Waals surface area contributed by atoms with Crippen LogP contribution in [-0.4, -0.2) is 35.9 Å². The van der Waals surface area contributed by atoms with Gasteiger partial charge in [0.2, 0.25) is 0 Å². The van der Waals surface area contributed by atoms with E-state index in [9.17, 15) is 9.18 Å². The van der Waals surface area contributed by atoms with Crippen LogP contribution < -0.4 is 5.32 Å². The normalized spacial score (nSPS) is 10.9. The van der Waals surface area contributed by atoms with E-state index in [4.69, 9.17) is 11.6 Å². The molecule has 0 bridgehead atoms. The van der Waals surface area contributed by atoms with Crippen LogP contribution in [0.1, 0.15) is 27.4 Å². The number of carbonyl (C=O) groups excluding carboxylic acids is 1. The molecule has 30 heavy (non-hydrogen) atoms. The van der Waals surface area contributed by atoms with E-state index in [2.05, 4.69) is 25.9 Å². The van der Waals surface area contributed by atoms with Crippen molar-refractivity contribution >= 4 is 23.2 Å². The van der Waals surface area contributed by atoms with Crippen LogP contribution in [0.5, 0.6) is 0 Å². The molecule has 0 atom stereocenters. The Labute approximate surface area is 176 Å². The molecule has 152 valence electrons. The summed E-state index contributed by atoms with van der Waals surface area (Å²) in [4.78, 5) is 12.9. The van der Waals surface area contributed by atoms with Crippen molar-refractivity contribution < 1.29 is 9.18 Å². The molecular formula is C20H17ClFN7O. The van der Waals surface area contributed by atoms with Crippen molar-refractivity contribution in [1.29, 1.82) is 0 Å². The third kappa shape index (κ3) is 3.79. The van der Waals surface area contributed by atoms with Gasteiger partial charge in [0.25, 0.3) is 5.91 Å². The zero-order chi connectivity index (χ0) is 21.3. The molecule has 2 aromatic carbocycles. The molecule has 2 aromatic heterocycles. The summed E-state index contributed by atoms with van der Waals surface area (Å²) in [5.74, 6) is -0.621. The average molecular weight is 426 g/mol. The van der Waals surface area contributed by atoms with Gasteiger partial charge in [-0.3, -0.25) is 4.79 Å². The maximum Gasteiger partial charge on any atom is 0.260 e.